The number of ether oxygens (including phenoxy) is 5. The van der Waals surface area contributed by atoms with Gasteiger partial charge in [0, 0.05) is 32.6 Å². The normalized spacial score (nSPS) is 22.4. The van der Waals surface area contributed by atoms with E-state index in [1.807, 2.05) is 27.7 Å². The highest BCUT2D eigenvalue weighted by Crippen LogP contribution is 2.29. The van der Waals surface area contributed by atoms with E-state index in [1.165, 1.54) is 6.92 Å². The molecule has 0 unspecified atom stereocenters. The van der Waals surface area contributed by atoms with Crippen LogP contribution in [0.15, 0.2) is 0 Å². The Balaban J connectivity index is 3.39. The van der Waals surface area contributed by atoms with Crippen molar-refractivity contribution in [2.24, 2.45) is 0 Å². The van der Waals surface area contributed by atoms with Crippen LogP contribution in [0.3, 0.4) is 0 Å². The van der Waals surface area contributed by atoms with Crippen molar-refractivity contribution in [3.63, 3.8) is 0 Å². The minimum absolute atomic E-state index is 0.106. The van der Waals surface area contributed by atoms with Gasteiger partial charge in [-0.3, -0.25) is 24.0 Å². The van der Waals surface area contributed by atoms with Crippen molar-refractivity contribution in [2.75, 3.05) is 6.61 Å². The molecule has 0 aromatic heterocycles. The first-order valence-electron chi connectivity index (χ1n) is 14.3. The first-order valence-corrected chi connectivity index (χ1v) is 14.3. The van der Waals surface area contributed by atoms with Gasteiger partial charge in [0.1, 0.15) is 18.8 Å². The smallest absolute Gasteiger partial charge is 0.308 e. The number of hydrogen-bond donors (Lipinski definition) is 1. The molecular weight excluding hydrogens is 510 g/mol. The highest BCUT2D eigenvalue weighted by molar-refractivity contribution is 5.74. The van der Waals surface area contributed by atoms with Crippen molar-refractivity contribution in [1.82, 2.24) is 5.32 Å². The fourth-order valence-corrected chi connectivity index (χ4v) is 3.95. The Kier molecular flexibility index (Phi) is 17.1. The van der Waals surface area contributed by atoms with Crippen LogP contribution in [0.2, 0.25) is 0 Å². The second-order valence-electron chi connectivity index (χ2n) is 9.77. The van der Waals surface area contributed by atoms with Crippen molar-refractivity contribution >= 4 is 29.8 Å². The fourth-order valence-electron chi connectivity index (χ4n) is 3.95. The molecule has 0 aromatic rings. The van der Waals surface area contributed by atoms with Crippen molar-refractivity contribution in [2.45, 2.75) is 142 Å². The summed E-state index contributed by atoms with van der Waals surface area (Å²) >= 11 is 0. The molecule has 11 heteroatoms. The Morgan fingerprint density at radius 1 is 0.641 bits per heavy atom. The van der Waals surface area contributed by atoms with Gasteiger partial charge in [-0.25, -0.2) is 0 Å². The van der Waals surface area contributed by atoms with E-state index in [-0.39, 0.29) is 32.3 Å². The van der Waals surface area contributed by atoms with E-state index < -0.39 is 60.4 Å². The monoisotopic (exact) mass is 557 g/mol. The van der Waals surface area contributed by atoms with Crippen LogP contribution in [-0.2, 0) is 47.7 Å². The first-order chi connectivity index (χ1) is 18.7. The summed E-state index contributed by atoms with van der Waals surface area (Å²) in [6.07, 6.45) is 1.04. The quantitative estimate of drug-likeness (QED) is 0.195. The number of esters is 4. The van der Waals surface area contributed by atoms with Gasteiger partial charge in [0.15, 0.2) is 12.2 Å². The number of carbonyl (C=O) groups excluding carboxylic acids is 5. The minimum atomic E-state index is -1.37. The zero-order chi connectivity index (χ0) is 29.2. The third kappa shape index (κ3) is 13.3. The lowest BCUT2D eigenvalue weighted by molar-refractivity contribution is -0.272. The summed E-state index contributed by atoms with van der Waals surface area (Å²) in [5.74, 6) is -2.64. The number of nitrogens with one attached hydrogen (secondary N) is 1. The largest absolute Gasteiger partial charge is 0.463 e. The molecule has 1 amide bonds. The van der Waals surface area contributed by atoms with E-state index in [0.717, 1.165) is 25.7 Å². The molecule has 0 radical (unpaired) electrons. The average molecular weight is 558 g/mol. The highest BCUT2D eigenvalue weighted by Gasteiger charge is 2.52. The Morgan fingerprint density at radius 3 is 1.54 bits per heavy atom. The Bertz CT molecular complexity index is 786. The molecule has 1 aliphatic rings. The summed E-state index contributed by atoms with van der Waals surface area (Å²) < 4.78 is 28.5. The lowest BCUT2D eigenvalue weighted by Crippen LogP contribution is -2.67. The zero-order valence-electron chi connectivity index (χ0n) is 24.2. The zero-order valence-corrected chi connectivity index (χ0v) is 24.2. The summed E-state index contributed by atoms with van der Waals surface area (Å²) in [5.41, 5.74) is 0. The van der Waals surface area contributed by atoms with Crippen LogP contribution >= 0.6 is 0 Å². The predicted molar refractivity (Wildman–Crippen MR) is 141 cm³/mol. The number of amides is 1. The van der Waals surface area contributed by atoms with Crippen LogP contribution in [0.4, 0.5) is 0 Å². The summed E-state index contributed by atoms with van der Waals surface area (Å²) in [6.45, 7) is 8.66. The maximum absolute atomic E-state index is 12.8. The fraction of sp³-hybridized carbons (Fsp3) is 0.821. The summed E-state index contributed by atoms with van der Waals surface area (Å²) in [7, 11) is 0. The van der Waals surface area contributed by atoms with Gasteiger partial charge in [-0.15, -0.1) is 0 Å². The summed E-state index contributed by atoms with van der Waals surface area (Å²) in [4.78, 5) is 62.4. The molecule has 0 aromatic carbocycles. The van der Waals surface area contributed by atoms with Crippen LogP contribution in [0.5, 0.6) is 0 Å². The van der Waals surface area contributed by atoms with Crippen LogP contribution < -0.4 is 5.32 Å². The number of rotatable bonds is 18. The van der Waals surface area contributed by atoms with Gasteiger partial charge in [-0.05, 0) is 25.7 Å². The van der Waals surface area contributed by atoms with Crippen molar-refractivity contribution in [1.29, 1.82) is 0 Å². The summed E-state index contributed by atoms with van der Waals surface area (Å²) in [6, 6.07) is -1.16. The van der Waals surface area contributed by atoms with Crippen molar-refractivity contribution in [3.05, 3.63) is 0 Å². The van der Waals surface area contributed by atoms with E-state index in [2.05, 4.69) is 5.32 Å². The van der Waals surface area contributed by atoms with E-state index >= 15 is 0 Å². The van der Waals surface area contributed by atoms with Crippen LogP contribution in [0.1, 0.15) is 112 Å². The summed E-state index contributed by atoms with van der Waals surface area (Å²) in [5, 5.41) is 2.65. The molecule has 39 heavy (non-hydrogen) atoms. The molecule has 1 saturated heterocycles. The molecule has 5 atom stereocenters. The van der Waals surface area contributed by atoms with Crippen LogP contribution in [-0.4, -0.2) is 67.0 Å². The molecule has 1 fully saturated rings. The SMILES string of the molecule is CCCCC(=O)OC[C@H]1O[C@@H](OC(=O)CCCC)[C@@H](NC(C)=O)[C@@H](OC(=O)CCCC)[C@@H]1OC(=O)CCCC. The van der Waals surface area contributed by atoms with Gasteiger partial charge in [0.25, 0.3) is 0 Å². The van der Waals surface area contributed by atoms with E-state index in [4.69, 9.17) is 23.7 Å². The van der Waals surface area contributed by atoms with Gasteiger partial charge in [-0.2, -0.15) is 0 Å². The van der Waals surface area contributed by atoms with E-state index in [1.54, 1.807) is 0 Å². The highest BCUT2D eigenvalue weighted by atomic mass is 16.7. The Labute approximate surface area is 232 Å². The molecule has 1 rings (SSSR count). The second kappa shape index (κ2) is 19.4. The minimum Gasteiger partial charge on any atom is -0.463 e. The molecule has 224 valence electrons. The van der Waals surface area contributed by atoms with Crippen molar-refractivity contribution < 1.29 is 47.7 Å². The van der Waals surface area contributed by atoms with Gasteiger partial charge < -0.3 is 29.0 Å². The van der Waals surface area contributed by atoms with Crippen LogP contribution in [0, 0.1) is 0 Å². The number of hydrogen-bond acceptors (Lipinski definition) is 10. The molecule has 0 spiro atoms. The van der Waals surface area contributed by atoms with E-state index in [9.17, 15) is 24.0 Å². The Hall–Kier alpha value is -2.69. The molecule has 11 nitrogen and oxygen atoms in total. The number of carbonyl (C=O) groups is 5. The van der Waals surface area contributed by atoms with Gasteiger partial charge in [-0.1, -0.05) is 53.4 Å². The molecule has 1 N–H and O–H groups in total. The van der Waals surface area contributed by atoms with Gasteiger partial charge in [0.2, 0.25) is 12.2 Å². The molecule has 1 heterocycles. The Morgan fingerprint density at radius 2 is 1.08 bits per heavy atom. The lowest BCUT2D eigenvalue weighted by Gasteiger charge is -2.44. The lowest BCUT2D eigenvalue weighted by atomic mass is 9.95. The third-order valence-corrected chi connectivity index (χ3v) is 6.15. The first kappa shape index (κ1) is 34.3. The van der Waals surface area contributed by atoms with Crippen LogP contribution in [0.25, 0.3) is 0 Å². The van der Waals surface area contributed by atoms with Gasteiger partial charge >= 0.3 is 23.9 Å². The molecule has 1 aliphatic heterocycles. The molecule has 0 saturated carbocycles. The maximum Gasteiger partial charge on any atom is 0.308 e. The standard InChI is InChI=1S/C28H47NO10/c1-6-10-14-21(31)35-18-20-26(37-22(32)15-11-7-2)27(38-23(33)16-12-8-3)25(29-19(5)30)28(36-20)39-24(34)17-13-9-4/h20,25-28H,6-18H2,1-5H3,(H,29,30)/t20-,25+,26-,27-,28+/m1/s1. The topological polar surface area (TPSA) is 144 Å². The third-order valence-electron chi connectivity index (χ3n) is 6.15. The molecule has 0 aliphatic carbocycles. The van der Waals surface area contributed by atoms with Gasteiger partial charge in [0.05, 0.1) is 0 Å². The van der Waals surface area contributed by atoms with Crippen molar-refractivity contribution in [3.8, 4) is 0 Å². The second-order valence-corrected chi connectivity index (χ2v) is 9.77. The average Bonchev–Trinajstić information content (AvgIpc) is 2.90. The molecular formula is C28H47NO10. The van der Waals surface area contributed by atoms with E-state index in [0.29, 0.717) is 25.7 Å². The molecule has 0 bridgehead atoms. The maximum atomic E-state index is 12.8. The number of unbranched alkanes of at least 4 members (excludes halogenated alkanes) is 4. The predicted octanol–water partition coefficient (Wildman–Crippen LogP) is 3.89.